The Balaban J connectivity index is 1.58. The average molecular weight is 328 g/mol. The fraction of sp³-hybridized carbons (Fsp3) is 0.333. The molecule has 3 rings (SSSR count). The number of ether oxygens (including phenoxy) is 1. The number of benzene rings is 1. The van der Waals surface area contributed by atoms with Gasteiger partial charge in [0.25, 0.3) is 0 Å². The zero-order valence-electron chi connectivity index (χ0n) is 13.2. The highest BCUT2D eigenvalue weighted by atomic mass is 32.1. The van der Waals surface area contributed by atoms with E-state index in [1.54, 1.807) is 0 Å². The molecule has 1 aliphatic heterocycles. The van der Waals surface area contributed by atoms with Gasteiger partial charge in [-0.1, -0.05) is 18.7 Å². The molecule has 0 aliphatic carbocycles. The third-order valence-corrected chi connectivity index (χ3v) is 4.87. The molecule has 1 amide bonds. The molecule has 0 atom stereocenters. The number of likely N-dealkylation sites (tertiary alicyclic amines) is 1. The first-order valence-electron chi connectivity index (χ1n) is 7.77. The summed E-state index contributed by atoms with van der Waals surface area (Å²) >= 11 is 1.48. The molecule has 2 aromatic rings. The highest BCUT2D eigenvalue weighted by Gasteiger charge is 2.22. The van der Waals surface area contributed by atoms with Gasteiger partial charge in [-0.05, 0) is 42.2 Å². The van der Waals surface area contributed by atoms with E-state index < -0.39 is 0 Å². The number of nitrogens with zero attached hydrogens (tertiary/aromatic N) is 2. The van der Waals surface area contributed by atoms with Gasteiger partial charge in [0, 0.05) is 36.9 Å². The molecule has 0 bridgehead atoms. The Labute approximate surface area is 140 Å². The highest BCUT2D eigenvalue weighted by molar-refractivity contribution is 7.04. The van der Waals surface area contributed by atoms with E-state index in [1.807, 2.05) is 24.0 Å². The molecular weight excluding hydrogens is 308 g/mol. The van der Waals surface area contributed by atoms with Crippen LogP contribution in [0.15, 0.2) is 42.3 Å². The van der Waals surface area contributed by atoms with Crippen molar-refractivity contribution in [3.05, 3.63) is 48.0 Å². The fourth-order valence-electron chi connectivity index (χ4n) is 2.80. The van der Waals surface area contributed by atoms with Gasteiger partial charge >= 0.3 is 0 Å². The van der Waals surface area contributed by atoms with Crippen molar-refractivity contribution in [2.24, 2.45) is 0 Å². The van der Waals surface area contributed by atoms with Crippen LogP contribution in [0.3, 0.4) is 0 Å². The predicted octanol–water partition coefficient (Wildman–Crippen LogP) is 3.67. The minimum atomic E-state index is 0.00699. The van der Waals surface area contributed by atoms with Gasteiger partial charge in [-0.15, -0.1) is 0 Å². The van der Waals surface area contributed by atoms with E-state index in [1.165, 1.54) is 23.2 Å². The molecule has 1 aromatic carbocycles. The summed E-state index contributed by atoms with van der Waals surface area (Å²) in [7, 11) is 0. The second kappa shape index (κ2) is 6.96. The van der Waals surface area contributed by atoms with Gasteiger partial charge in [0.2, 0.25) is 5.91 Å². The maximum absolute atomic E-state index is 11.6. The molecule has 0 radical (unpaired) electrons. The molecule has 4 nitrogen and oxygen atoms in total. The van der Waals surface area contributed by atoms with Crippen molar-refractivity contribution in [3.8, 4) is 16.9 Å². The van der Waals surface area contributed by atoms with Crippen LogP contribution in [0.4, 0.5) is 0 Å². The quantitative estimate of drug-likeness (QED) is 0.804. The number of hydrogen-bond acceptors (Lipinski definition) is 4. The molecule has 0 N–H and O–H groups in total. The Hall–Kier alpha value is -2.14. The third-order valence-electron chi connectivity index (χ3n) is 4.15. The zero-order chi connectivity index (χ0) is 16.2. The number of carbonyl (C=O) groups excluding carboxylic acids is 1. The van der Waals surface area contributed by atoms with Gasteiger partial charge in [-0.3, -0.25) is 4.79 Å². The van der Waals surface area contributed by atoms with Crippen LogP contribution in [-0.4, -0.2) is 34.4 Å². The SMILES string of the molecule is C=CC(=O)N1CCC(Oc2ccc(-c3csnc3C)cc2)CC1. The highest BCUT2D eigenvalue weighted by Crippen LogP contribution is 2.27. The van der Waals surface area contributed by atoms with Crippen LogP contribution >= 0.6 is 11.5 Å². The van der Waals surface area contributed by atoms with Crippen molar-refractivity contribution in [2.75, 3.05) is 13.1 Å². The van der Waals surface area contributed by atoms with Gasteiger partial charge < -0.3 is 9.64 Å². The zero-order valence-corrected chi connectivity index (χ0v) is 14.0. The maximum Gasteiger partial charge on any atom is 0.245 e. The Morgan fingerprint density at radius 1 is 1.35 bits per heavy atom. The average Bonchev–Trinajstić information content (AvgIpc) is 3.01. The number of piperidine rings is 1. The Morgan fingerprint density at radius 2 is 2.04 bits per heavy atom. The number of carbonyl (C=O) groups is 1. The lowest BCUT2D eigenvalue weighted by Crippen LogP contribution is -2.41. The molecule has 0 spiro atoms. The molecule has 1 saturated heterocycles. The van der Waals surface area contributed by atoms with Gasteiger partial charge in [0.15, 0.2) is 0 Å². The van der Waals surface area contributed by atoms with Crippen molar-refractivity contribution >= 4 is 17.4 Å². The van der Waals surface area contributed by atoms with Crippen LogP contribution < -0.4 is 4.74 Å². The first-order valence-corrected chi connectivity index (χ1v) is 8.60. The summed E-state index contributed by atoms with van der Waals surface area (Å²) in [4.78, 5) is 13.4. The van der Waals surface area contributed by atoms with E-state index in [0.29, 0.717) is 0 Å². The van der Waals surface area contributed by atoms with Gasteiger partial charge in [-0.25, -0.2) is 0 Å². The van der Waals surface area contributed by atoms with Crippen LogP contribution in [0.5, 0.6) is 5.75 Å². The predicted molar refractivity (Wildman–Crippen MR) is 92.7 cm³/mol. The molecule has 2 heterocycles. The monoisotopic (exact) mass is 328 g/mol. The topological polar surface area (TPSA) is 42.4 Å². The summed E-state index contributed by atoms with van der Waals surface area (Å²) in [5, 5.41) is 2.07. The van der Waals surface area contributed by atoms with Crippen molar-refractivity contribution in [3.63, 3.8) is 0 Å². The number of aryl methyl sites for hydroxylation is 1. The number of aromatic nitrogens is 1. The summed E-state index contributed by atoms with van der Waals surface area (Å²) in [6.07, 6.45) is 3.25. The molecule has 1 aliphatic rings. The lowest BCUT2D eigenvalue weighted by molar-refractivity contribution is -0.127. The molecule has 0 saturated carbocycles. The lowest BCUT2D eigenvalue weighted by atomic mass is 10.1. The van der Waals surface area contributed by atoms with Crippen molar-refractivity contribution in [1.82, 2.24) is 9.27 Å². The van der Waals surface area contributed by atoms with E-state index in [0.717, 1.165) is 42.9 Å². The summed E-state index contributed by atoms with van der Waals surface area (Å²) in [6.45, 7) is 7.01. The molecule has 0 unspecified atom stereocenters. The number of hydrogen-bond donors (Lipinski definition) is 0. The van der Waals surface area contributed by atoms with E-state index >= 15 is 0 Å². The fourth-order valence-corrected chi connectivity index (χ4v) is 3.52. The summed E-state index contributed by atoms with van der Waals surface area (Å²) < 4.78 is 10.4. The first-order chi connectivity index (χ1) is 11.2. The van der Waals surface area contributed by atoms with E-state index in [-0.39, 0.29) is 12.0 Å². The largest absolute Gasteiger partial charge is 0.490 e. The standard InChI is InChI=1S/C18H20N2O2S/c1-3-18(21)20-10-8-16(9-11-20)22-15-6-4-14(5-7-15)17-12-23-19-13(17)2/h3-7,12,16H,1,8-11H2,2H3. The molecule has 1 aromatic heterocycles. The first kappa shape index (κ1) is 15.7. The molecule has 120 valence electrons. The summed E-state index contributed by atoms with van der Waals surface area (Å²) in [6, 6.07) is 8.16. The second-order valence-corrected chi connectivity index (χ2v) is 6.31. The molecule has 23 heavy (non-hydrogen) atoms. The van der Waals surface area contributed by atoms with Crippen LogP contribution in [0.2, 0.25) is 0 Å². The van der Waals surface area contributed by atoms with Crippen LogP contribution in [0.25, 0.3) is 11.1 Å². The van der Waals surface area contributed by atoms with Crippen molar-refractivity contribution in [2.45, 2.75) is 25.9 Å². The second-order valence-electron chi connectivity index (χ2n) is 5.68. The number of amides is 1. The van der Waals surface area contributed by atoms with Crippen molar-refractivity contribution in [1.29, 1.82) is 0 Å². The summed E-state index contributed by atoms with van der Waals surface area (Å²) in [5.41, 5.74) is 3.40. The smallest absolute Gasteiger partial charge is 0.245 e. The minimum absolute atomic E-state index is 0.00699. The number of rotatable bonds is 4. The summed E-state index contributed by atoms with van der Waals surface area (Å²) in [5.74, 6) is 0.885. The van der Waals surface area contributed by atoms with Crippen LogP contribution in [0.1, 0.15) is 18.5 Å². The Bertz CT molecular complexity index is 685. The third kappa shape index (κ3) is 3.62. The van der Waals surface area contributed by atoms with Gasteiger partial charge in [-0.2, -0.15) is 4.37 Å². The Morgan fingerprint density at radius 3 is 2.61 bits per heavy atom. The van der Waals surface area contributed by atoms with E-state index in [4.69, 9.17) is 4.74 Å². The van der Waals surface area contributed by atoms with E-state index in [2.05, 4.69) is 28.5 Å². The van der Waals surface area contributed by atoms with E-state index in [9.17, 15) is 4.79 Å². The Kier molecular flexibility index (Phi) is 4.76. The lowest BCUT2D eigenvalue weighted by Gasteiger charge is -2.31. The molecule has 5 heteroatoms. The van der Waals surface area contributed by atoms with Gasteiger partial charge in [0.05, 0.1) is 5.69 Å². The minimum Gasteiger partial charge on any atom is -0.490 e. The van der Waals surface area contributed by atoms with Crippen LogP contribution in [0, 0.1) is 6.92 Å². The van der Waals surface area contributed by atoms with Crippen molar-refractivity contribution < 1.29 is 9.53 Å². The van der Waals surface area contributed by atoms with Crippen LogP contribution in [-0.2, 0) is 4.79 Å². The van der Waals surface area contributed by atoms with Gasteiger partial charge in [0.1, 0.15) is 11.9 Å². The normalized spacial score (nSPS) is 15.4. The molecular formula is C18H20N2O2S. The molecule has 1 fully saturated rings. The maximum atomic E-state index is 11.6.